The zero-order chi connectivity index (χ0) is 13.9. The molecule has 6 heteroatoms. The Morgan fingerprint density at radius 3 is 2.32 bits per heavy atom. The van der Waals surface area contributed by atoms with Gasteiger partial charge in [0, 0.05) is 13.2 Å². The van der Waals surface area contributed by atoms with Gasteiger partial charge in [0.25, 0.3) is 0 Å². The Balaban J connectivity index is 2.18. The summed E-state index contributed by atoms with van der Waals surface area (Å²) in [6.45, 7) is 0.946. The topological polar surface area (TPSA) is 80.7 Å². The zero-order valence-corrected chi connectivity index (χ0v) is 11.2. The molecule has 0 aliphatic carbocycles. The number of hydrogen-bond acceptors (Lipinski definition) is 4. The predicted octanol–water partition coefficient (Wildman–Crippen LogP) is 1.27. The van der Waals surface area contributed by atoms with Crippen LogP contribution in [0.3, 0.4) is 0 Å². The van der Waals surface area contributed by atoms with E-state index in [1.54, 1.807) is 12.1 Å². The Morgan fingerprint density at radius 2 is 1.79 bits per heavy atom. The summed E-state index contributed by atoms with van der Waals surface area (Å²) in [5.74, 6) is -0.931. The summed E-state index contributed by atoms with van der Waals surface area (Å²) < 4.78 is 29.9. The molecule has 1 fully saturated rings. The van der Waals surface area contributed by atoms with Crippen molar-refractivity contribution < 1.29 is 23.1 Å². The molecule has 1 aliphatic heterocycles. The van der Waals surface area contributed by atoms with E-state index in [0.717, 1.165) is 0 Å². The largest absolute Gasteiger partial charge is 0.481 e. The van der Waals surface area contributed by atoms with Gasteiger partial charge in [-0.3, -0.25) is 4.79 Å². The first kappa shape index (κ1) is 14.0. The van der Waals surface area contributed by atoms with Crippen molar-refractivity contribution in [3.05, 3.63) is 29.8 Å². The lowest BCUT2D eigenvalue weighted by atomic mass is 10.2. The normalized spacial score (nSPS) is 17.3. The third-order valence-electron chi connectivity index (χ3n) is 3.21. The number of carboxylic acids is 1. The number of carbonyl (C=O) groups is 1. The molecule has 1 aliphatic rings. The Hall–Kier alpha value is -1.40. The lowest BCUT2D eigenvalue weighted by Gasteiger charge is -2.22. The zero-order valence-electron chi connectivity index (χ0n) is 10.4. The van der Waals surface area contributed by atoms with E-state index in [2.05, 4.69) is 0 Å². The average Bonchev–Trinajstić information content (AvgIpc) is 2.40. The second-order valence-corrected chi connectivity index (χ2v) is 6.80. The standard InChI is InChI=1S/C13H16O5S/c14-13(15)9-10-1-3-11(4-2-10)19(16,17)12-5-7-18-8-6-12/h1-4,12H,5-9H2,(H,14,15). The lowest BCUT2D eigenvalue weighted by Crippen LogP contribution is -2.28. The molecule has 0 spiro atoms. The number of rotatable bonds is 4. The molecule has 2 rings (SSSR count). The van der Waals surface area contributed by atoms with Gasteiger partial charge in [-0.05, 0) is 30.5 Å². The summed E-state index contributed by atoms with van der Waals surface area (Å²) in [7, 11) is -3.33. The van der Waals surface area contributed by atoms with Gasteiger partial charge < -0.3 is 9.84 Å². The summed E-state index contributed by atoms with van der Waals surface area (Å²) in [5.41, 5.74) is 0.596. The molecule has 1 heterocycles. The maximum Gasteiger partial charge on any atom is 0.307 e. The van der Waals surface area contributed by atoms with Crippen molar-refractivity contribution in [1.82, 2.24) is 0 Å². The fraction of sp³-hybridized carbons (Fsp3) is 0.462. The van der Waals surface area contributed by atoms with Gasteiger partial charge in [0.15, 0.2) is 9.84 Å². The Bertz CT molecular complexity index is 541. The van der Waals surface area contributed by atoms with Crippen molar-refractivity contribution >= 4 is 15.8 Å². The highest BCUT2D eigenvalue weighted by atomic mass is 32.2. The summed E-state index contributed by atoms with van der Waals surface area (Å²) >= 11 is 0. The van der Waals surface area contributed by atoms with Crippen molar-refractivity contribution in [2.45, 2.75) is 29.4 Å². The highest BCUT2D eigenvalue weighted by Gasteiger charge is 2.29. The maximum absolute atomic E-state index is 12.3. The number of aliphatic carboxylic acids is 1. The molecule has 0 atom stereocenters. The summed E-state index contributed by atoms with van der Waals surface area (Å²) in [4.78, 5) is 10.8. The quantitative estimate of drug-likeness (QED) is 0.900. The van der Waals surface area contributed by atoms with Crippen LogP contribution >= 0.6 is 0 Å². The molecule has 0 bridgehead atoms. The minimum Gasteiger partial charge on any atom is -0.481 e. The van der Waals surface area contributed by atoms with E-state index in [9.17, 15) is 13.2 Å². The van der Waals surface area contributed by atoms with Crippen LogP contribution in [-0.2, 0) is 25.8 Å². The van der Waals surface area contributed by atoms with Crippen LogP contribution in [0.5, 0.6) is 0 Å². The number of hydrogen-bond donors (Lipinski definition) is 1. The maximum atomic E-state index is 12.3. The summed E-state index contributed by atoms with van der Waals surface area (Å²) in [5, 5.41) is 8.27. The molecule has 19 heavy (non-hydrogen) atoms. The molecular weight excluding hydrogens is 268 g/mol. The first-order valence-electron chi connectivity index (χ1n) is 6.12. The molecular formula is C13H16O5S. The second-order valence-electron chi connectivity index (χ2n) is 4.57. The van der Waals surface area contributed by atoms with Gasteiger partial charge in [0.2, 0.25) is 0 Å². The van der Waals surface area contributed by atoms with E-state index < -0.39 is 21.1 Å². The first-order valence-corrected chi connectivity index (χ1v) is 7.67. The molecule has 1 saturated heterocycles. The van der Waals surface area contributed by atoms with E-state index in [0.29, 0.717) is 31.6 Å². The minimum atomic E-state index is -3.33. The van der Waals surface area contributed by atoms with Crippen LogP contribution in [0.1, 0.15) is 18.4 Å². The van der Waals surface area contributed by atoms with Crippen LogP contribution in [0.2, 0.25) is 0 Å². The van der Waals surface area contributed by atoms with Gasteiger partial charge in [-0.2, -0.15) is 0 Å². The third-order valence-corrected chi connectivity index (χ3v) is 5.49. The predicted molar refractivity (Wildman–Crippen MR) is 68.8 cm³/mol. The second kappa shape index (κ2) is 5.71. The van der Waals surface area contributed by atoms with E-state index in [1.807, 2.05) is 0 Å². The number of ether oxygens (including phenoxy) is 1. The SMILES string of the molecule is O=C(O)Cc1ccc(S(=O)(=O)C2CCOCC2)cc1. The van der Waals surface area contributed by atoms with Gasteiger partial charge >= 0.3 is 5.97 Å². The van der Waals surface area contributed by atoms with Crippen molar-refractivity contribution in [2.75, 3.05) is 13.2 Å². The summed E-state index contributed by atoms with van der Waals surface area (Å²) in [6, 6.07) is 6.09. The fourth-order valence-corrected chi connectivity index (χ4v) is 3.86. The van der Waals surface area contributed by atoms with Crippen molar-refractivity contribution in [3.8, 4) is 0 Å². The molecule has 1 aromatic carbocycles. The summed E-state index contributed by atoms with van der Waals surface area (Å²) in [6.07, 6.45) is 0.927. The monoisotopic (exact) mass is 284 g/mol. The molecule has 1 N–H and O–H groups in total. The molecule has 5 nitrogen and oxygen atoms in total. The number of sulfone groups is 1. The molecule has 0 unspecified atom stereocenters. The van der Waals surface area contributed by atoms with Crippen LogP contribution in [0.15, 0.2) is 29.2 Å². The molecule has 0 aromatic heterocycles. The average molecular weight is 284 g/mol. The molecule has 1 aromatic rings. The van der Waals surface area contributed by atoms with Crippen LogP contribution < -0.4 is 0 Å². The highest BCUT2D eigenvalue weighted by Crippen LogP contribution is 2.23. The van der Waals surface area contributed by atoms with Gasteiger partial charge in [0.1, 0.15) is 0 Å². The Morgan fingerprint density at radius 1 is 1.21 bits per heavy atom. The molecule has 0 radical (unpaired) electrons. The van der Waals surface area contributed by atoms with E-state index in [-0.39, 0.29) is 11.3 Å². The smallest absolute Gasteiger partial charge is 0.307 e. The number of benzene rings is 1. The van der Waals surface area contributed by atoms with Gasteiger partial charge in [0.05, 0.1) is 16.6 Å². The fourth-order valence-electron chi connectivity index (χ4n) is 2.15. The third kappa shape index (κ3) is 3.33. The Kier molecular flexibility index (Phi) is 4.21. The minimum absolute atomic E-state index is 0.0996. The van der Waals surface area contributed by atoms with Gasteiger partial charge in [-0.15, -0.1) is 0 Å². The van der Waals surface area contributed by atoms with Gasteiger partial charge in [-0.1, -0.05) is 12.1 Å². The molecule has 0 saturated carbocycles. The highest BCUT2D eigenvalue weighted by molar-refractivity contribution is 7.92. The van der Waals surface area contributed by atoms with E-state index >= 15 is 0 Å². The van der Waals surface area contributed by atoms with E-state index in [4.69, 9.17) is 9.84 Å². The number of carboxylic acid groups (broad SMARTS) is 1. The first-order chi connectivity index (χ1) is 9.00. The van der Waals surface area contributed by atoms with Crippen molar-refractivity contribution in [2.24, 2.45) is 0 Å². The van der Waals surface area contributed by atoms with Crippen LogP contribution in [0.4, 0.5) is 0 Å². The van der Waals surface area contributed by atoms with Crippen molar-refractivity contribution in [1.29, 1.82) is 0 Å². The van der Waals surface area contributed by atoms with Crippen LogP contribution in [0.25, 0.3) is 0 Å². The van der Waals surface area contributed by atoms with Crippen LogP contribution in [-0.4, -0.2) is 38.0 Å². The van der Waals surface area contributed by atoms with Crippen LogP contribution in [0, 0.1) is 0 Å². The molecule has 0 amide bonds. The lowest BCUT2D eigenvalue weighted by molar-refractivity contribution is -0.136. The van der Waals surface area contributed by atoms with E-state index in [1.165, 1.54) is 12.1 Å². The molecule has 104 valence electrons. The Labute approximate surface area is 112 Å². The van der Waals surface area contributed by atoms with Crippen molar-refractivity contribution in [3.63, 3.8) is 0 Å². The van der Waals surface area contributed by atoms with Gasteiger partial charge in [-0.25, -0.2) is 8.42 Å².